The van der Waals surface area contributed by atoms with Crippen LogP contribution in [0.1, 0.15) is 34.6 Å². The molecular formula is C13H30N2O3. The molecule has 0 bridgehead atoms. The highest BCUT2D eigenvalue weighted by molar-refractivity contribution is 5.69. The van der Waals surface area contributed by atoms with E-state index in [9.17, 15) is 4.79 Å². The second kappa shape index (κ2) is 14.3. The molecule has 1 amide bonds. The van der Waals surface area contributed by atoms with Crippen molar-refractivity contribution in [3.8, 4) is 0 Å². The van der Waals surface area contributed by atoms with E-state index in [0.29, 0.717) is 13.2 Å². The van der Waals surface area contributed by atoms with Gasteiger partial charge in [0.05, 0.1) is 13.2 Å². The smallest absolute Gasteiger partial charge is 0.407 e. The summed E-state index contributed by atoms with van der Waals surface area (Å²) in [6.45, 7) is 14.0. The fraction of sp³-hybridized carbons (Fsp3) is 0.923. The van der Waals surface area contributed by atoms with Crippen LogP contribution in [0.2, 0.25) is 0 Å². The van der Waals surface area contributed by atoms with Gasteiger partial charge in [0.25, 0.3) is 0 Å². The van der Waals surface area contributed by atoms with Crippen LogP contribution in [0.25, 0.3) is 0 Å². The Kier molecular flexibility index (Phi) is 15.5. The maximum atomic E-state index is 10.8. The number of nitrogens with zero attached hydrogens (tertiary/aromatic N) is 1. The van der Waals surface area contributed by atoms with E-state index in [1.807, 2.05) is 27.7 Å². The van der Waals surface area contributed by atoms with Crippen LogP contribution in [0.5, 0.6) is 0 Å². The first-order valence-corrected chi connectivity index (χ1v) is 6.92. The summed E-state index contributed by atoms with van der Waals surface area (Å²) < 4.78 is 10.0. The molecule has 1 aliphatic heterocycles. The van der Waals surface area contributed by atoms with Crippen LogP contribution in [0, 0.1) is 0 Å². The van der Waals surface area contributed by atoms with E-state index in [0.717, 1.165) is 19.6 Å². The van der Waals surface area contributed by atoms with Crippen molar-refractivity contribution in [1.82, 2.24) is 10.2 Å². The Bertz CT molecular complexity index is 189. The highest BCUT2D eigenvalue weighted by atomic mass is 16.6. The van der Waals surface area contributed by atoms with Gasteiger partial charge >= 0.3 is 6.09 Å². The predicted octanol–water partition coefficient (Wildman–Crippen LogP) is 2.12. The van der Waals surface area contributed by atoms with Crippen molar-refractivity contribution in [3.63, 3.8) is 0 Å². The molecule has 1 atom stereocenters. The maximum Gasteiger partial charge on any atom is 0.407 e. The Morgan fingerprint density at radius 3 is 2.39 bits per heavy atom. The first-order chi connectivity index (χ1) is 8.76. The summed E-state index contributed by atoms with van der Waals surface area (Å²) in [4.78, 5) is 13.0. The average Bonchev–Trinajstić information content (AvgIpc) is 2.84. The molecule has 0 aromatic rings. The Hall–Kier alpha value is -0.810. The van der Waals surface area contributed by atoms with Crippen molar-refractivity contribution in [2.24, 2.45) is 0 Å². The van der Waals surface area contributed by atoms with Gasteiger partial charge in [-0.2, -0.15) is 0 Å². The van der Waals surface area contributed by atoms with Gasteiger partial charge in [0, 0.05) is 20.2 Å². The van der Waals surface area contributed by atoms with Crippen LogP contribution >= 0.6 is 0 Å². The highest BCUT2D eigenvalue weighted by Gasteiger charge is 2.23. The summed E-state index contributed by atoms with van der Waals surface area (Å²) in [6.07, 6.45) is -0.322. The van der Waals surface area contributed by atoms with Gasteiger partial charge in [-0.05, 0) is 6.54 Å². The normalized spacial score (nSPS) is 17.1. The monoisotopic (exact) mass is 262 g/mol. The quantitative estimate of drug-likeness (QED) is 0.796. The van der Waals surface area contributed by atoms with Crippen molar-refractivity contribution in [1.29, 1.82) is 0 Å². The van der Waals surface area contributed by atoms with Crippen LogP contribution < -0.4 is 5.32 Å². The largest absolute Gasteiger partial charge is 0.443 e. The lowest BCUT2D eigenvalue weighted by Gasteiger charge is -2.22. The van der Waals surface area contributed by atoms with E-state index < -0.39 is 0 Å². The molecule has 0 spiro atoms. The molecule has 1 unspecified atom stereocenters. The van der Waals surface area contributed by atoms with Gasteiger partial charge in [0.1, 0.15) is 6.10 Å². The Morgan fingerprint density at radius 2 is 2.00 bits per heavy atom. The van der Waals surface area contributed by atoms with E-state index in [1.165, 1.54) is 0 Å². The zero-order valence-electron chi connectivity index (χ0n) is 12.8. The number of nitrogens with one attached hydrogen (secondary N) is 1. The van der Waals surface area contributed by atoms with Crippen molar-refractivity contribution in [2.75, 3.05) is 39.9 Å². The van der Waals surface area contributed by atoms with E-state index >= 15 is 0 Å². The van der Waals surface area contributed by atoms with Gasteiger partial charge in [0.15, 0.2) is 0 Å². The summed E-state index contributed by atoms with van der Waals surface area (Å²) in [6, 6.07) is 0. The number of hydrogen-bond acceptors (Lipinski definition) is 4. The standard InChI is InChI=1S/C9H18N2O3.2C2H6/c1-3-11(4-5-13-2)7-8-6-10-9(12)14-8;2*1-2/h8H,3-7H2,1-2H3,(H,10,12);2*1-2H3. The number of rotatable bonds is 6. The molecule has 1 aliphatic rings. The number of cyclic esters (lactones) is 1. The Labute approximate surface area is 112 Å². The van der Waals surface area contributed by atoms with Crippen molar-refractivity contribution in [2.45, 2.75) is 40.7 Å². The summed E-state index contributed by atoms with van der Waals surface area (Å²) >= 11 is 0. The van der Waals surface area contributed by atoms with Crippen LogP contribution in [0.4, 0.5) is 4.79 Å². The van der Waals surface area contributed by atoms with E-state index in [1.54, 1.807) is 7.11 Å². The van der Waals surface area contributed by atoms with Crippen molar-refractivity contribution < 1.29 is 14.3 Å². The zero-order chi connectivity index (χ0) is 14.4. The number of alkyl carbamates (subject to hydrolysis) is 1. The minimum absolute atomic E-state index is 0.0145. The lowest BCUT2D eigenvalue weighted by Crippen LogP contribution is -2.36. The van der Waals surface area contributed by atoms with Gasteiger partial charge < -0.3 is 14.8 Å². The number of likely N-dealkylation sites (N-methyl/N-ethyl adjacent to an activating group) is 1. The van der Waals surface area contributed by atoms with Gasteiger partial charge in [-0.25, -0.2) is 4.79 Å². The molecule has 0 radical (unpaired) electrons. The molecule has 1 heterocycles. The van der Waals surface area contributed by atoms with Gasteiger partial charge in [-0.1, -0.05) is 34.6 Å². The average molecular weight is 262 g/mol. The number of ether oxygens (including phenoxy) is 2. The molecule has 0 saturated carbocycles. The highest BCUT2D eigenvalue weighted by Crippen LogP contribution is 2.02. The molecule has 1 saturated heterocycles. The first-order valence-electron chi connectivity index (χ1n) is 6.92. The van der Waals surface area contributed by atoms with Crippen LogP contribution in [-0.4, -0.2) is 57.0 Å². The molecule has 0 aromatic carbocycles. The molecule has 5 nitrogen and oxygen atoms in total. The Morgan fingerprint density at radius 1 is 1.39 bits per heavy atom. The van der Waals surface area contributed by atoms with Crippen LogP contribution in [0.15, 0.2) is 0 Å². The van der Waals surface area contributed by atoms with Crippen molar-refractivity contribution in [3.05, 3.63) is 0 Å². The number of hydrogen-bond donors (Lipinski definition) is 1. The number of methoxy groups -OCH3 is 1. The van der Waals surface area contributed by atoms with Crippen LogP contribution in [-0.2, 0) is 9.47 Å². The van der Waals surface area contributed by atoms with Gasteiger partial charge in [-0.3, -0.25) is 4.90 Å². The topological polar surface area (TPSA) is 50.8 Å². The van der Waals surface area contributed by atoms with Gasteiger partial charge in [0.2, 0.25) is 0 Å². The van der Waals surface area contributed by atoms with Gasteiger partial charge in [-0.15, -0.1) is 0 Å². The fourth-order valence-electron chi connectivity index (χ4n) is 1.42. The molecule has 18 heavy (non-hydrogen) atoms. The summed E-state index contributed by atoms with van der Waals surface area (Å²) in [7, 11) is 1.69. The first kappa shape index (κ1) is 19.5. The van der Waals surface area contributed by atoms with E-state index in [2.05, 4.69) is 17.1 Å². The molecule has 5 heteroatoms. The lowest BCUT2D eigenvalue weighted by atomic mass is 10.3. The lowest BCUT2D eigenvalue weighted by molar-refractivity contribution is 0.0934. The summed E-state index contributed by atoms with van der Waals surface area (Å²) in [5, 5.41) is 2.64. The van der Waals surface area contributed by atoms with Crippen molar-refractivity contribution >= 4 is 6.09 Å². The number of carbonyl (C=O) groups is 1. The van der Waals surface area contributed by atoms with E-state index in [4.69, 9.17) is 9.47 Å². The summed E-state index contributed by atoms with van der Waals surface area (Å²) in [5.74, 6) is 0. The predicted molar refractivity (Wildman–Crippen MR) is 75.0 cm³/mol. The number of carbonyl (C=O) groups excluding carboxylic acids is 1. The minimum Gasteiger partial charge on any atom is -0.443 e. The summed E-state index contributed by atoms with van der Waals surface area (Å²) in [5.41, 5.74) is 0. The third-order valence-electron chi connectivity index (χ3n) is 2.27. The Balaban J connectivity index is 0. The molecule has 1 N–H and O–H groups in total. The second-order valence-corrected chi connectivity index (χ2v) is 3.29. The van der Waals surface area contributed by atoms with Crippen LogP contribution in [0.3, 0.4) is 0 Å². The minimum atomic E-state index is -0.308. The molecule has 0 aromatic heterocycles. The molecule has 110 valence electrons. The second-order valence-electron chi connectivity index (χ2n) is 3.29. The van der Waals surface area contributed by atoms with E-state index in [-0.39, 0.29) is 12.2 Å². The molecule has 1 rings (SSSR count). The SMILES string of the molecule is CC.CC.CCN(CCOC)CC1CNC(=O)O1. The third kappa shape index (κ3) is 9.24. The maximum absolute atomic E-state index is 10.8. The molecule has 1 fully saturated rings. The number of amides is 1. The zero-order valence-corrected chi connectivity index (χ0v) is 12.8. The third-order valence-corrected chi connectivity index (χ3v) is 2.27. The molecule has 0 aliphatic carbocycles. The fourth-order valence-corrected chi connectivity index (χ4v) is 1.42. The molecular weight excluding hydrogens is 232 g/mol.